The first kappa shape index (κ1) is 14.4. The SMILES string of the molecule is CC(C)[C@@H]1CN(C(=O)[C@H](N)c2ccccc2)CCS1. The maximum atomic E-state index is 12.5. The molecule has 0 aliphatic carbocycles. The van der Waals surface area contributed by atoms with Crippen LogP contribution in [-0.4, -0.2) is 34.9 Å². The Bertz CT molecular complexity index is 421. The number of nitrogens with two attached hydrogens (primary N) is 1. The van der Waals surface area contributed by atoms with E-state index in [1.165, 1.54) is 0 Å². The summed E-state index contributed by atoms with van der Waals surface area (Å²) in [6.07, 6.45) is 0. The molecule has 3 nitrogen and oxygen atoms in total. The second-order valence-corrected chi connectivity index (χ2v) is 6.67. The van der Waals surface area contributed by atoms with E-state index in [2.05, 4.69) is 13.8 Å². The number of thioether (sulfide) groups is 1. The van der Waals surface area contributed by atoms with Crippen LogP contribution in [0.5, 0.6) is 0 Å². The van der Waals surface area contributed by atoms with Crippen LogP contribution in [0, 0.1) is 5.92 Å². The molecule has 2 rings (SSSR count). The molecule has 0 spiro atoms. The minimum Gasteiger partial charge on any atom is -0.339 e. The van der Waals surface area contributed by atoms with E-state index in [4.69, 9.17) is 5.73 Å². The van der Waals surface area contributed by atoms with E-state index in [1.54, 1.807) is 0 Å². The van der Waals surface area contributed by atoms with Crippen LogP contribution in [0.1, 0.15) is 25.5 Å². The van der Waals surface area contributed by atoms with E-state index < -0.39 is 6.04 Å². The lowest BCUT2D eigenvalue weighted by molar-refractivity contribution is -0.132. The molecule has 4 heteroatoms. The number of hydrogen-bond acceptors (Lipinski definition) is 3. The fourth-order valence-corrected chi connectivity index (χ4v) is 3.58. The topological polar surface area (TPSA) is 46.3 Å². The van der Waals surface area contributed by atoms with Crippen LogP contribution in [0.4, 0.5) is 0 Å². The zero-order valence-electron chi connectivity index (χ0n) is 11.6. The zero-order chi connectivity index (χ0) is 13.8. The average molecular weight is 278 g/mol. The molecule has 1 aliphatic heterocycles. The van der Waals surface area contributed by atoms with Crippen LogP contribution in [-0.2, 0) is 4.79 Å². The molecule has 1 amide bonds. The predicted molar refractivity (Wildman–Crippen MR) is 81.0 cm³/mol. The van der Waals surface area contributed by atoms with Crippen molar-refractivity contribution in [2.45, 2.75) is 25.1 Å². The molecule has 1 saturated heterocycles. The number of nitrogens with zero attached hydrogens (tertiary/aromatic N) is 1. The summed E-state index contributed by atoms with van der Waals surface area (Å²) >= 11 is 1.97. The van der Waals surface area contributed by atoms with Crippen molar-refractivity contribution in [3.8, 4) is 0 Å². The Kier molecular flexibility index (Phi) is 4.88. The maximum absolute atomic E-state index is 12.5. The van der Waals surface area contributed by atoms with E-state index in [1.807, 2.05) is 47.0 Å². The van der Waals surface area contributed by atoms with Crippen LogP contribution in [0.25, 0.3) is 0 Å². The second kappa shape index (κ2) is 6.44. The van der Waals surface area contributed by atoms with Gasteiger partial charge in [-0.25, -0.2) is 0 Å². The lowest BCUT2D eigenvalue weighted by Gasteiger charge is -2.35. The van der Waals surface area contributed by atoms with Crippen molar-refractivity contribution in [1.82, 2.24) is 4.90 Å². The summed E-state index contributed by atoms with van der Waals surface area (Å²) in [5.41, 5.74) is 6.99. The van der Waals surface area contributed by atoms with E-state index in [-0.39, 0.29) is 5.91 Å². The highest BCUT2D eigenvalue weighted by Gasteiger charge is 2.29. The van der Waals surface area contributed by atoms with E-state index >= 15 is 0 Å². The molecule has 1 aliphatic rings. The minimum absolute atomic E-state index is 0.0529. The number of amides is 1. The summed E-state index contributed by atoms with van der Waals surface area (Å²) in [4.78, 5) is 14.4. The Morgan fingerprint density at radius 3 is 2.68 bits per heavy atom. The third-order valence-electron chi connectivity index (χ3n) is 3.57. The van der Waals surface area contributed by atoms with Gasteiger partial charge in [0.1, 0.15) is 6.04 Å². The van der Waals surface area contributed by atoms with Gasteiger partial charge < -0.3 is 10.6 Å². The molecule has 2 atom stereocenters. The van der Waals surface area contributed by atoms with Crippen molar-refractivity contribution < 1.29 is 4.79 Å². The largest absolute Gasteiger partial charge is 0.339 e. The summed E-state index contributed by atoms with van der Waals surface area (Å²) in [6, 6.07) is 9.09. The average Bonchev–Trinajstić information content (AvgIpc) is 2.46. The van der Waals surface area contributed by atoms with Crippen LogP contribution in [0.15, 0.2) is 30.3 Å². The summed E-state index contributed by atoms with van der Waals surface area (Å²) in [5.74, 6) is 1.65. The Hall–Kier alpha value is -1.00. The summed E-state index contributed by atoms with van der Waals surface area (Å²) in [5, 5.41) is 0.528. The smallest absolute Gasteiger partial charge is 0.244 e. The van der Waals surface area contributed by atoms with Crippen molar-refractivity contribution in [3.05, 3.63) is 35.9 Å². The number of carbonyl (C=O) groups is 1. The standard InChI is InChI=1S/C15H22N2OS/c1-11(2)13-10-17(8-9-19-13)15(18)14(16)12-6-4-3-5-7-12/h3-7,11,13-14H,8-10,16H2,1-2H3/t13-,14+/m0/s1. The third kappa shape index (κ3) is 3.51. The molecular weight excluding hydrogens is 256 g/mol. The Morgan fingerprint density at radius 2 is 2.05 bits per heavy atom. The molecule has 104 valence electrons. The molecule has 1 heterocycles. The van der Waals surface area contributed by atoms with Crippen molar-refractivity contribution in [2.75, 3.05) is 18.8 Å². The van der Waals surface area contributed by atoms with Crippen LogP contribution in [0.2, 0.25) is 0 Å². The van der Waals surface area contributed by atoms with E-state index in [9.17, 15) is 4.79 Å². The molecule has 0 aromatic heterocycles. The van der Waals surface area contributed by atoms with Gasteiger partial charge in [0.05, 0.1) is 0 Å². The number of carbonyl (C=O) groups excluding carboxylic acids is 1. The highest BCUT2D eigenvalue weighted by molar-refractivity contribution is 8.00. The molecule has 1 aromatic carbocycles. The lowest BCUT2D eigenvalue weighted by Crippen LogP contribution is -2.47. The molecule has 1 fully saturated rings. The Labute approximate surface area is 119 Å². The van der Waals surface area contributed by atoms with Gasteiger partial charge in [0.25, 0.3) is 0 Å². The number of rotatable bonds is 3. The van der Waals surface area contributed by atoms with E-state index in [0.29, 0.717) is 11.2 Å². The van der Waals surface area contributed by atoms with Crippen molar-refractivity contribution in [3.63, 3.8) is 0 Å². The van der Waals surface area contributed by atoms with Gasteiger partial charge in [-0.3, -0.25) is 4.79 Å². The van der Waals surface area contributed by atoms with Gasteiger partial charge in [-0.15, -0.1) is 0 Å². The van der Waals surface area contributed by atoms with Gasteiger partial charge in [0.15, 0.2) is 0 Å². The van der Waals surface area contributed by atoms with Gasteiger partial charge in [-0.2, -0.15) is 11.8 Å². The normalized spacial score (nSPS) is 21.5. The van der Waals surface area contributed by atoms with Gasteiger partial charge >= 0.3 is 0 Å². The molecule has 2 N–H and O–H groups in total. The fraction of sp³-hybridized carbons (Fsp3) is 0.533. The van der Waals surface area contributed by atoms with Gasteiger partial charge in [0, 0.05) is 24.1 Å². The van der Waals surface area contributed by atoms with Gasteiger partial charge in [-0.1, -0.05) is 44.2 Å². The predicted octanol–water partition coefficient (Wildman–Crippen LogP) is 2.29. The summed E-state index contributed by atoms with van der Waals surface area (Å²) in [7, 11) is 0. The molecule has 19 heavy (non-hydrogen) atoms. The lowest BCUT2D eigenvalue weighted by atomic mass is 10.1. The quantitative estimate of drug-likeness (QED) is 0.922. The van der Waals surface area contributed by atoms with Crippen LogP contribution < -0.4 is 5.73 Å². The molecule has 0 bridgehead atoms. The van der Waals surface area contributed by atoms with Crippen molar-refractivity contribution >= 4 is 17.7 Å². The second-order valence-electron chi connectivity index (χ2n) is 5.33. The maximum Gasteiger partial charge on any atom is 0.244 e. The zero-order valence-corrected chi connectivity index (χ0v) is 12.4. The molecular formula is C15H22N2OS. The first-order valence-electron chi connectivity index (χ1n) is 6.80. The third-order valence-corrected chi connectivity index (χ3v) is 5.11. The van der Waals surface area contributed by atoms with Crippen molar-refractivity contribution in [2.24, 2.45) is 11.7 Å². The highest BCUT2D eigenvalue weighted by atomic mass is 32.2. The Balaban J connectivity index is 2.03. The van der Waals surface area contributed by atoms with Crippen molar-refractivity contribution in [1.29, 1.82) is 0 Å². The summed E-state index contributed by atoms with van der Waals surface area (Å²) < 4.78 is 0. The number of hydrogen-bond donors (Lipinski definition) is 1. The first-order valence-corrected chi connectivity index (χ1v) is 7.85. The van der Waals surface area contributed by atoms with Crippen LogP contribution in [0.3, 0.4) is 0 Å². The Morgan fingerprint density at radius 1 is 1.37 bits per heavy atom. The first-order chi connectivity index (χ1) is 9.09. The van der Waals surface area contributed by atoms with E-state index in [0.717, 1.165) is 24.4 Å². The number of benzene rings is 1. The molecule has 1 aromatic rings. The highest BCUT2D eigenvalue weighted by Crippen LogP contribution is 2.26. The minimum atomic E-state index is -0.530. The monoisotopic (exact) mass is 278 g/mol. The summed E-state index contributed by atoms with van der Waals surface area (Å²) in [6.45, 7) is 6.06. The van der Waals surface area contributed by atoms with Gasteiger partial charge in [-0.05, 0) is 11.5 Å². The fourth-order valence-electron chi connectivity index (χ4n) is 2.28. The molecule has 0 radical (unpaired) electrons. The molecule has 0 saturated carbocycles. The molecule has 0 unspecified atom stereocenters. The van der Waals surface area contributed by atoms with Gasteiger partial charge in [0.2, 0.25) is 5.91 Å². The van der Waals surface area contributed by atoms with Crippen LogP contribution >= 0.6 is 11.8 Å².